The standard InChI is InChI=1S/C21H20IN3O3S/c1-15-14-16(22)8-13-20(15)29(27,28)25(2)19-11-9-18(10-12-19)24-21(26)23-17-6-4-3-5-7-17/h3-14H,1-2H3,(H2,23,24,26). The summed E-state index contributed by atoms with van der Waals surface area (Å²) in [7, 11) is -2.17. The van der Waals surface area contributed by atoms with Crippen LogP contribution in [0.2, 0.25) is 0 Å². The van der Waals surface area contributed by atoms with Gasteiger partial charge < -0.3 is 10.6 Å². The molecule has 0 aliphatic rings. The van der Waals surface area contributed by atoms with Crippen molar-refractivity contribution in [3.05, 3.63) is 81.9 Å². The predicted octanol–water partition coefficient (Wildman–Crippen LogP) is 5.07. The van der Waals surface area contributed by atoms with Crippen LogP contribution in [0.15, 0.2) is 77.7 Å². The molecule has 0 heterocycles. The van der Waals surface area contributed by atoms with Gasteiger partial charge in [-0.05, 0) is 89.7 Å². The minimum Gasteiger partial charge on any atom is -0.308 e. The van der Waals surface area contributed by atoms with Crippen molar-refractivity contribution in [2.75, 3.05) is 22.0 Å². The summed E-state index contributed by atoms with van der Waals surface area (Å²) in [6, 6.07) is 20.6. The third kappa shape index (κ3) is 5.07. The Morgan fingerprint density at radius 2 is 1.48 bits per heavy atom. The van der Waals surface area contributed by atoms with Gasteiger partial charge >= 0.3 is 6.03 Å². The molecule has 150 valence electrons. The van der Waals surface area contributed by atoms with E-state index < -0.39 is 10.0 Å². The molecule has 3 aromatic carbocycles. The molecule has 3 rings (SSSR count). The lowest BCUT2D eigenvalue weighted by atomic mass is 10.2. The molecule has 0 aromatic heterocycles. The Labute approximate surface area is 184 Å². The monoisotopic (exact) mass is 521 g/mol. The molecule has 0 unspecified atom stereocenters. The molecule has 6 nitrogen and oxygen atoms in total. The number of anilines is 3. The van der Waals surface area contributed by atoms with Gasteiger partial charge in [-0.2, -0.15) is 0 Å². The zero-order chi connectivity index (χ0) is 21.0. The van der Waals surface area contributed by atoms with E-state index in [0.717, 1.165) is 3.57 Å². The summed E-state index contributed by atoms with van der Waals surface area (Å²) in [5.74, 6) is 0. The van der Waals surface area contributed by atoms with Crippen LogP contribution in [0.4, 0.5) is 21.9 Å². The van der Waals surface area contributed by atoms with E-state index in [1.807, 2.05) is 24.3 Å². The highest BCUT2D eigenvalue weighted by Crippen LogP contribution is 2.26. The zero-order valence-electron chi connectivity index (χ0n) is 15.9. The smallest absolute Gasteiger partial charge is 0.308 e. The number of aryl methyl sites for hydroxylation is 1. The molecule has 29 heavy (non-hydrogen) atoms. The maximum absolute atomic E-state index is 13.0. The quantitative estimate of drug-likeness (QED) is 0.461. The highest BCUT2D eigenvalue weighted by Gasteiger charge is 2.23. The van der Waals surface area contributed by atoms with Gasteiger partial charge in [-0.25, -0.2) is 13.2 Å². The van der Waals surface area contributed by atoms with Gasteiger partial charge in [-0.3, -0.25) is 4.31 Å². The average Bonchev–Trinajstić information content (AvgIpc) is 2.68. The van der Waals surface area contributed by atoms with Gasteiger partial charge in [0.05, 0.1) is 10.6 Å². The number of para-hydroxylation sites is 1. The predicted molar refractivity (Wildman–Crippen MR) is 125 cm³/mol. The molecular formula is C21H20IN3O3S. The van der Waals surface area contributed by atoms with Crippen molar-refractivity contribution >= 4 is 55.7 Å². The third-order valence-corrected chi connectivity index (χ3v) is 6.91. The molecule has 0 atom stereocenters. The molecule has 0 fully saturated rings. The molecular weight excluding hydrogens is 501 g/mol. The number of carbonyl (C=O) groups is 1. The second-order valence-electron chi connectivity index (χ2n) is 6.37. The van der Waals surface area contributed by atoms with Gasteiger partial charge in [-0.1, -0.05) is 18.2 Å². The Morgan fingerprint density at radius 1 is 0.897 bits per heavy atom. The number of nitrogens with one attached hydrogen (secondary N) is 2. The van der Waals surface area contributed by atoms with Crippen LogP contribution in [-0.2, 0) is 10.0 Å². The van der Waals surface area contributed by atoms with E-state index in [-0.39, 0.29) is 10.9 Å². The Morgan fingerprint density at radius 3 is 2.07 bits per heavy atom. The fraction of sp³-hybridized carbons (Fsp3) is 0.0952. The molecule has 3 aromatic rings. The van der Waals surface area contributed by atoms with Crippen LogP contribution in [-0.4, -0.2) is 21.5 Å². The van der Waals surface area contributed by atoms with Crippen LogP contribution >= 0.6 is 22.6 Å². The topological polar surface area (TPSA) is 78.5 Å². The first-order chi connectivity index (χ1) is 13.8. The fourth-order valence-corrected chi connectivity index (χ4v) is 4.81. The van der Waals surface area contributed by atoms with E-state index in [4.69, 9.17) is 0 Å². The number of carbonyl (C=O) groups excluding carboxylic acids is 1. The molecule has 0 aliphatic heterocycles. The van der Waals surface area contributed by atoms with Crippen LogP contribution < -0.4 is 14.9 Å². The van der Waals surface area contributed by atoms with Crippen LogP contribution in [0, 0.1) is 10.5 Å². The van der Waals surface area contributed by atoms with E-state index in [2.05, 4.69) is 33.2 Å². The minimum atomic E-state index is -3.69. The van der Waals surface area contributed by atoms with Gasteiger partial charge in [-0.15, -0.1) is 0 Å². The normalized spacial score (nSPS) is 11.0. The lowest BCUT2D eigenvalue weighted by Crippen LogP contribution is -2.27. The Bertz CT molecular complexity index is 1120. The summed E-state index contributed by atoms with van der Waals surface area (Å²) in [6.45, 7) is 1.78. The van der Waals surface area contributed by atoms with Gasteiger partial charge in [0.25, 0.3) is 10.0 Å². The van der Waals surface area contributed by atoms with Gasteiger partial charge in [0, 0.05) is 22.0 Å². The first kappa shape index (κ1) is 21.1. The largest absolute Gasteiger partial charge is 0.323 e. The number of amides is 2. The number of rotatable bonds is 5. The average molecular weight is 521 g/mol. The van der Waals surface area contributed by atoms with Gasteiger partial charge in [0.1, 0.15) is 0 Å². The minimum absolute atomic E-state index is 0.268. The number of urea groups is 1. The Kier molecular flexibility index (Phi) is 6.43. The lowest BCUT2D eigenvalue weighted by molar-refractivity contribution is 0.262. The number of sulfonamides is 1. The third-order valence-electron chi connectivity index (χ3n) is 4.30. The Balaban J connectivity index is 1.72. The van der Waals surface area contributed by atoms with Crippen molar-refractivity contribution in [1.29, 1.82) is 0 Å². The van der Waals surface area contributed by atoms with Gasteiger partial charge in [0.2, 0.25) is 0 Å². The van der Waals surface area contributed by atoms with Crippen molar-refractivity contribution < 1.29 is 13.2 Å². The van der Waals surface area contributed by atoms with Crippen LogP contribution in [0.1, 0.15) is 5.56 Å². The van der Waals surface area contributed by atoms with E-state index >= 15 is 0 Å². The summed E-state index contributed by atoms with van der Waals surface area (Å²) in [6.07, 6.45) is 0. The van der Waals surface area contributed by atoms with Crippen LogP contribution in [0.25, 0.3) is 0 Å². The summed E-state index contributed by atoms with van der Waals surface area (Å²) < 4.78 is 28.2. The first-order valence-corrected chi connectivity index (χ1v) is 11.3. The molecule has 8 heteroatoms. The summed E-state index contributed by atoms with van der Waals surface area (Å²) in [5.41, 5.74) is 2.43. The van der Waals surface area contributed by atoms with Crippen molar-refractivity contribution in [2.45, 2.75) is 11.8 Å². The van der Waals surface area contributed by atoms with Crippen LogP contribution in [0.5, 0.6) is 0 Å². The number of nitrogens with zero attached hydrogens (tertiary/aromatic N) is 1. The number of benzene rings is 3. The molecule has 2 N–H and O–H groups in total. The van der Waals surface area contributed by atoms with Crippen molar-refractivity contribution in [2.24, 2.45) is 0 Å². The Hall–Kier alpha value is -2.59. The summed E-state index contributed by atoms with van der Waals surface area (Å²) in [5, 5.41) is 5.45. The summed E-state index contributed by atoms with van der Waals surface area (Å²) in [4.78, 5) is 12.3. The van der Waals surface area contributed by atoms with E-state index in [1.54, 1.807) is 55.5 Å². The van der Waals surface area contributed by atoms with E-state index in [9.17, 15) is 13.2 Å². The molecule has 0 aliphatic carbocycles. The number of hydrogen-bond acceptors (Lipinski definition) is 3. The van der Waals surface area contributed by atoms with Gasteiger partial charge in [0.15, 0.2) is 0 Å². The second-order valence-corrected chi connectivity index (χ2v) is 9.56. The lowest BCUT2D eigenvalue weighted by Gasteiger charge is -2.21. The highest BCUT2D eigenvalue weighted by atomic mass is 127. The number of halogens is 1. The zero-order valence-corrected chi connectivity index (χ0v) is 18.9. The van der Waals surface area contributed by atoms with Crippen molar-refractivity contribution in [3.8, 4) is 0 Å². The molecule has 0 saturated heterocycles. The maximum atomic E-state index is 13.0. The molecule has 0 saturated carbocycles. The van der Waals surface area contributed by atoms with E-state index in [0.29, 0.717) is 22.6 Å². The molecule has 2 amide bonds. The second kappa shape index (κ2) is 8.83. The summed E-state index contributed by atoms with van der Waals surface area (Å²) >= 11 is 2.15. The molecule has 0 spiro atoms. The van der Waals surface area contributed by atoms with Crippen LogP contribution in [0.3, 0.4) is 0 Å². The van der Waals surface area contributed by atoms with Crippen molar-refractivity contribution in [3.63, 3.8) is 0 Å². The SMILES string of the molecule is Cc1cc(I)ccc1S(=O)(=O)N(C)c1ccc(NC(=O)Nc2ccccc2)cc1. The molecule has 0 bridgehead atoms. The maximum Gasteiger partial charge on any atom is 0.323 e. The molecule has 0 radical (unpaired) electrons. The van der Waals surface area contributed by atoms with Crippen molar-refractivity contribution in [1.82, 2.24) is 0 Å². The number of hydrogen-bond donors (Lipinski definition) is 2. The first-order valence-electron chi connectivity index (χ1n) is 8.75. The fourth-order valence-electron chi connectivity index (χ4n) is 2.76. The van der Waals surface area contributed by atoms with E-state index in [1.165, 1.54) is 11.4 Å². The highest BCUT2D eigenvalue weighted by molar-refractivity contribution is 14.1.